The van der Waals surface area contributed by atoms with Crippen LogP contribution in [0.25, 0.3) is 5.69 Å². The number of benzene rings is 2. The molecule has 0 atom stereocenters. The third-order valence-electron chi connectivity index (χ3n) is 4.84. The summed E-state index contributed by atoms with van der Waals surface area (Å²) in [4.78, 5) is 2.33. The van der Waals surface area contributed by atoms with Crippen molar-refractivity contribution in [1.82, 2.24) is 14.8 Å². The van der Waals surface area contributed by atoms with Gasteiger partial charge in [-0.05, 0) is 55.7 Å². The summed E-state index contributed by atoms with van der Waals surface area (Å²) in [7, 11) is 0. The van der Waals surface area contributed by atoms with Gasteiger partial charge in [0.05, 0.1) is 23.9 Å². The Bertz CT molecular complexity index is 959. The number of rotatable bonds is 7. The summed E-state index contributed by atoms with van der Waals surface area (Å²) in [6.45, 7) is 2.60. The van der Waals surface area contributed by atoms with E-state index in [9.17, 15) is 0 Å². The standard InChI is InChI=1S/C22H23N5OS/c23-17-18-9-11-20(12-10-18)28-15-16-29-22-25-24-21(26-13-5-2-6-14-26)27(22)19-7-3-1-4-8-19/h1,3-4,7-12H,2,5-6,13-16H2. The molecule has 6 nitrogen and oxygen atoms in total. The van der Waals surface area contributed by atoms with E-state index in [2.05, 4.69) is 37.9 Å². The largest absolute Gasteiger partial charge is 0.493 e. The number of nitrogens with zero attached hydrogens (tertiary/aromatic N) is 5. The van der Waals surface area contributed by atoms with Gasteiger partial charge in [0.2, 0.25) is 5.95 Å². The Kier molecular flexibility index (Phi) is 6.32. The highest BCUT2D eigenvalue weighted by Gasteiger charge is 2.21. The summed E-state index contributed by atoms with van der Waals surface area (Å²) in [5.41, 5.74) is 1.71. The molecule has 29 heavy (non-hydrogen) atoms. The van der Waals surface area contributed by atoms with E-state index < -0.39 is 0 Å². The molecule has 0 unspecified atom stereocenters. The molecule has 2 aromatic carbocycles. The van der Waals surface area contributed by atoms with Gasteiger partial charge in [0.1, 0.15) is 5.75 Å². The molecule has 2 heterocycles. The highest BCUT2D eigenvalue weighted by molar-refractivity contribution is 7.99. The van der Waals surface area contributed by atoms with E-state index in [4.69, 9.17) is 10.00 Å². The fourth-order valence-corrected chi connectivity index (χ4v) is 4.14. The predicted octanol–water partition coefficient (Wildman–Crippen LogP) is 4.30. The number of anilines is 1. The first kappa shape index (κ1) is 19.3. The van der Waals surface area contributed by atoms with Gasteiger partial charge in [-0.3, -0.25) is 4.57 Å². The molecule has 1 aromatic heterocycles. The Labute approximate surface area is 175 Å². The van der Waals surface area contributed by atoms with E-state index >= 15 is 0 Å². The van der Waals surface area contributed by atoms with Crippen LogP contribution in [-0.2, 0) is 0 Å². The van der Waals surface area contributed by atoms with Crippen molar-refractivity contribution in [2.24, 2.45) is 0 Å². The van der Waals surface area contributed by atoms with Crippen molar-refractivity contribution in [1.29, 1.82) is 5.26 Å². The van der Waals surface area contributed by atoms with Gasteiger partial charge in [0, 0.05) is 18.8 Å². The van der Waals surface area contributed by atoms with Gasteiger partial charge in [-0.1, -0.05) is 30.0 Å². The van der Waals surface area contributed by atoms with Crippen molar-refractivity contribution in [3.63, 3.8) is 0 Å². The smallest absolute Gasteiger partial charge is 0.232 e. The summed E-state index contributed by atoms with van der Waals surface area (Å²) < 4.78 is 7.95. The summed E-state index contributed by atoms with van der Waals surface area (Å²) in [5.74, 6) is 2.44. The molecule has 1 saturated heterocycles. The first-order chi connectivity index (χ1) is 14.3. The zero-order chi connectivity index (χ0) is 19.9. The molecule has 0 amide bonds. The Morgan fingerprint density at radius 2 is 1.72 bits per heavy atom. The van der Waals surface area contributed by atoms with Crippen LogP contribution in [0.4, 0.5) is 5.95 Å². The average molecular weight is 406 g/mol. The topological polar surface area (TPSA) is 67.0 Å². The lowest BCUT2D eigenvalue weighted by atomic mass is 10.1. The number of hydrogen-bond acceptors (Lipinski definition) is 6. The van der Waals surface area contributed by atoms with Gasteiger partial charge >= 0.3 is 0 Å². The molecule has 1 aliphatic heterocycles. The van der Waals surface area contributed by atoms with E-state index in [1.807, 2.05) is 30.3 Å². The van der Waals surface area contributed by atoms with Crippen molar-refractivity contribution in [2.45, 2.75) is 24.4 Å². The maximum atomic E-state index is 8.87. The fourth-order valence-electron chi connectivity index (χ4n) is 3.38. The fraction of sp³-hybridized carbons (Fsp3) is 0.318. The number of para-hydroxylation sites is 1. The van der Waals surface area contributed by atoms with Crippen LogP contribution in [0.3, 0.4) is 0 Å². The molecule has 3 aromatic rings. The number of aromatic nitrogens is 3. The third-order valence-corrected chi connectivity index (χ3v) is 5.73. The minimum absolute atomic E-state index is 0.553. The normalized spacial score (nSPS) is 13.8. The van der Waals surface area contributed by atoms with Crippen LogP contribution in [0.1, 0.15) is 24.8 Å². The second-order valence-corrected chi connectivity index (χ2v) is 7.90. The second kappa shape index (κ2) is 9.48. The molecule has 0 radical (unpaired) electrons. The van der Waals surface area contributed by atoms with Gasteiger partial charge in [-0.15, -0.1) is 10.2 Å². The van der Waals surface area contributed by atoms with Gasteiger partial charge in [-0.2, -0.15) is 5.26 Å². The third kappa shape index (κ3) is 4.72. The van der Waals surface area contributed by atoms with Crippen molar-refractivity contribution >= 4 is 17.7 Å². The molecule has 7 heteroatoms. The molecular formula is C22H23N5OS. The van der Waals surface area contributed by atoms with Gasteiger partial charge in [0.15, 0.2) is 5.16 Å². The Morgan fingerprint density at radius 3 is 2.45 bits per heavy atom. The summed E-state index contributed by atoms with van der Waals surface area (Å²) in [5, 5.41) is 18.7. The lowest BCUT2D eigenvalue weighted by molar-refractivity contribution is 0.344. The average Bonchev–Trinajstić information content (AvgIpc) is 3.22. The van der Waals surface area contributed by atoms with Gasteiger partial charge in [0.25, 0.3) is 0 Å². The predicted molar refractivity (Wildman–Crippen MR) is 115 cm³/mol. The van der Waals surface area contributed by atoms with E-state index in [0.717, 1.165) is 41.4 Å². The first-order valence-corrected chi connectivity index (χ1v) is 10.9. The zero-order valence-electron chi connectivity index (χ0n) is 16.2. The quantitative estimate of drug-likeness (QED) is 0.431. The highest BCUT2D eigenvalue weighted by atomic mass is 32.2. The first-order valence-electron chi connectivity index (χ1n) is 9.87. The maximum Gasteiger partial charge on any atom is 0.232 e. The number of nitriles is 1. The Balaban J connectivity index is 1.45. The molecule has 1 fully saturated rings. The minimum atomic E-state index is 0.553. The molecule has 0 N–H and O–H groups in total. The van der Waals surface area contributed by atoms with E-state index in [1.165, 1.54) is 19.3 Å². The molecule has 4 rings (SSSR count). The molecule has 0 aliphatic carbocycles. The van der Waals surface area contributed by atoms with Crippen LogP contribution in [-0.4, -0.2) is 40.2 Å². The summed E-state index contributed by atoms with van der Waals surface area (Å²) in [6.07, 6.45) is 3.68. The zero-order valence-corrected chi connectivity index (χ0v) is 17.0. The van der Waals surface area contributed by atoms with Crippen molar-refractivity contribution in [3.8, 4) is 17.5 Å². The number of thioether (sulfide) groups is 1. The molecule has 0 spiro atoms. The van der Waals surface area contributed by atoms with Crippen molar-refractivity contribution in [2.75, 3.05) is 30.3 Å². The van der Waals surface area contributed by atoms with Crippen LogP contribution in [0.2, 0.25) is 0 Å². The molecule has 0 saturated carbocycles. The molecule has 1 aliphatic rings. The number of hydrogen-bond donors (Lipinski definition) is 0. The lowest BCUT2D eigenvalue weighted by Gasteiger charge is -2.27. The monoisotopic (exact) mass is 405 g/mol. The van der Waals surface area contributed by atoms with Crippen LogP contribution in [0, 0.1) is 11.3 Å². The summed E-state index contributed by atoms with van der Waals surface area (Å²) in [6, 6.07) is 19.6. The minimum Gasteiger partial charge on any atom is -0.493 e. The Morgan fingerprint density at radius 1 is 0.966 bits per heavy atom. The lowest BCUT2D eigenvalue weighted by Crippen LogP contribution is -2.31. The van der Waals surface area contributed by atoms with Crippen molar-refractivity contribution < 1.29 is 4.74 Å². The van der Waals surface area contributed by atoms with E-state index in [1.54, 1.807) is 23.9 Å². The van der Waals surface area contributed by atoms with Gasteiger partial charge < -0.3 is 9.64 Å². The molecule has 148 valence electrons. The van der Waals surface area contributed by atoms with Crippen LogP contribution >= 0.6 is 11.8 Å². The van der Waals surface area contributed by atoms with E-state index in [0.29, 0.717) is 12.2 Å². The second-order valence-electron chi connectivity index (χ2n) is 6.83. The molecule has 0 bridgehead atoms. The SMILES string of the molecule is N#Cc1ccc(OCCSc2nnc(N3CCCCC3)n2-c2ccccc2)cc1. The maximum absolute atomic E-state index is 8.87. The van der Waals surface area contributed by atoms with Crippen LogP contribution in [0.15, 0.2) is 59.8 Å². The van der Waals surface area contributed by atoms with Crippen LogP contribution in [0.5, 0.6) is 5.75 Å². The van der Waals surface area contributed by atoms with Crippen molar-refractivity contribution in [3.05, 3.63) is 60.2 Å². The van der Waals surface area contributed by atoms with E-state index in [-0.39, 0.29) is 0 Å². The highest BCUT2D eigenvalue weighted by Crippen LogP contribution is 2.28. The Hall–Kier alpha value is -2.98. The van der Waals surface area contributed by atoms with Crippen LogP contribution < -0.4 is 9.64 Å². The number of piperidine rings is 1. The summed E-state index contributed by atoms with van der Waals surface area (Å²) >= 11 is 1.64. The van der Waals surface area contributed by atoms with Gasteiger partial charge in [-0.25, -0.2) is 0 Å². The number of ether oxygens (including phenoxy) is 1. The molecular weight excluding hydrogens is 382 g/mol.